The number of carbonyl (C=O) groups excluding carboxylic acids is 1. The number of aryl methyl sites for hydroxylation is 3. The van der Waals surface area contributed by atoms with Crippen molar-refractivity contribution < 1.29 is 14.6 Å². The number of carbonyl (C=O) groups is 1. The lowest BCUT2D eigenvalue weighted by Crippen LogP contribution is -2.31. The van der Waals surface area contributed by atoms with Crippen LogP contribution in [0, 0.1) is 0 Å². The van der Waals surface area contributed by atoms with E-state index >= 15 is 0 Å². The molecular weight excluding hydrogens is 340 g/mol. The molecule has 2 aromatic rings. The van der Waals surface area contributed by atoms with Gasteiger partial charge in [0.05, 0.1) is 18.0 Å². The number of carboxylic acids is 1. The summed E-state index contributed by atoms with van der Waals surface area (Å²) < 4.78 is 7.34. The number of hydrogen-bond donors (Lipinski definition) is 0. The minimum atomic E-state index is -1.12. The fourth-order valence-corrected chi connectivity index (χ4v) is 5.14. The highest BCUT2D eigenvalue weighted by Gasteiger charge is 2.24. The molecule has 0 aromatic carbocycles. The van der Waals surface area contributed by atoms with Gasteiger partial charge in [-0.2, -0.15) is 0 Å². The molecule has 25 heavy (non-hydrogen) atoms. The van der Waals surface area contributed by atoms with E-state index in [2.05, 4.69) is 4.98 Å². The van der Waals surface area contributed by atoms with Crippen LogP contribution in [0.25, 0.3) is 10.2 Å². The van der Waals surface area contributed by atoms with Gasteiger partial charge in [-0.15, -0.1) is 11.3 Å². The summed E-state index contributed by atoms with van der Waals surface area (Å²) in [6.07, 6.45) is 6.22. The molecule has 1 aliphatic carbocycles. The lowest BCUT2D eigenvalue weighted by Gasteiger charge is -2.17. The van der Waals surface area contributed by atoms with Gasteiger partial charge in [0.1, 0.15) is 10.7 Å². The smallest absolute Gasteiger partial charge is 0.262 e. The van der Waals surface area contributed by atoms with Crippen LogP contribution in [-0.2, 0) is 35.3 Å². The molecule has 3 heterocycles. The van der Waals surface area contributed by atoms with Crippen LogP contribution >= 0.6 is 11.3 Å². The molecule has 4 rings (SSSR count). The second kappa shape index (κ2) is 6.88. The zero-order valence-corrected chi connectivity index (χ0v) is 14.9. The summed E-state index contributed by atoms with van der Waals surface area (Å²) in [7, 11) is 0. The van der Waals surface area contributed by atoms with E-state index in [0.29, 0.717) is 12.4 Å². The number of rotatable bonds is 5. The van der Waals surface area contributed by atoms with Crippen LogP contribution < -0.4 is 10.7 Å². The number of fused-ring (bicyclic) bond motifs is 3. The first kappa shape index (κ1) is 16.7. The van der Waals surface area contributed by atoms with Gasteiger partial charge in [0.2, 0.25) is 0 Å². The summed E-state index contributed by atoms with van der Waals surface area (Å²) in [5.41, 5.74) is 1.13. The van der Waals surface area contributed by atoms with Gasteiger partial charge in [-0.05, 0) is 50.5 Å². The lowest BCUT2D eigenvalue weighted by atomic mass is 9.97. The summed E-state index contributed by atoms with van der Waals surface area (Å²) in [6.45, 7) is 1.17. The molecule has 0 saturated carbocycles. The molecule has 2 aromatic heterocycles. The van der Waals surface area contributed by atoms with Crippen LogP contribution in [0.4, 0.5) is 0 Å². The number of aromatic nitrogens is 2. The van der Waals surface area contributed by atoms with Crippen molar-refractivity contribution in [3.8, 4) is 0 Å². The van der Waals surface area contributed by atoms with Gasteiger partial charge in [-0.1, -0.05) is 0 Å². The normalized spacial score (nSPS) is 20.1. The second-order valence-corrected chi connectivity index (χ2v) is 7.93. The quantitative estimate of drug-likeness (QED) is 0.799. The van der Waals surface area contributed by atoms with E-state index in [4.69, 9.17) is 4.74 Å². The van der Waals surface area contributed by atoms with Crippen LogP contribution in [0.2, 0.25) is 0 Å². The summed E-state index contributed by atoms with van der Waals surface area (Å²) in [4.78, 5) is 30.8. The van der Waals surface area contributed by atoms with Crippen LogP contribution in [0.3, 0.4) is 0 Å². The van der Waals surface area contributed by atoms with Crippen LogP contribution in [-0.4, -0.2) is 28.2 Å². The van der Waals surface area contributed by atoms with Crippen molar-refractivity contribution in [1.82, 2.24) is 9.55 Å². The van der Waals surface area contributed by atoms with E-state index in [1.54, 1.807) is 15.9 Å². The zero-order valence-electron chi connectivity index (χ0n) is 14.1. The van der Waals surface area contributed by atoms with E-state index in [9.17, 15) is 14.7 Å². The Morgan fingerprint density at radius 3 is 2.92 bits per heavy atom. The second-order valence-electron chi connectivity index (χ2n) is 6.84. The Balaban J connectivity index is 1.81. The number of nitrogens with zero attached hydrogens (tertiary/aromatic N) is 2. The molecule has 1 atom stereocenters. The molecule has 1 saturated heterocycles. The Labute approximate surface area is 149 Å². The van der Waals surface area contributed by atoms with Gasteiger partial charge in [-0.3, -0.25) is 9.36 Å². The van der Waals surface area contributed by atoms with Crippen molar-refractivity contribution >= 4 is 27.5 Å². The summed E-state index contributed by atoms with van der Waals surface area (Å²) in [5.74, 6) is -0.584. The van der Waals surface area contributed by atoms with E-state index < -0.39 is 5.97 Å². The highest BCUT2D eigenvalue weighted by molar-refractivity contribution is 7.18. The molecule has 0 N–H and O–H groups in total. The van der Waals surface area contributed by atoms with Crippen molar-refractivity contribution in [1.29, 1.82) is 0 Å². The molecule has 1 fully saturated rings. The topological polar surface area (TPSA) is 84.3 Å². The fourth-order valence-electron chi connectivity index (χ4n) is 3.87. The first-order valence-corrected chi connectivity index (χ1v) is 9.80. The van der Waals surface area contributed by atoms with Gasteiger partial charge in [0.25, 0.3) is 5.56 Å². The molecular formula is C18H21N2O4S-. The van der Waals surface area contributed by atoms with Crippen LogP contribution in [0.15, 0.2) is 4.79 Å². The van der Waals surface area contributed by atoms with Crippen molar-refractivity contribution in [2.45, 2.75) is 64.0 Å². The Morgan fingerprint density at radius 2 is 2.16 bits per heavy atom. The Hall–Kier alpha value is -1.73. The van der Waals surface area contributed by atoms with Crippen LogP contribution in [0.5, 0.6) is 0 Å². The first-order chi connectivity index (χ1) is 12.1. The molecule has 6 nitrogen and oxygen atoms in total. The average molecular weight is 361 g/mol. The number of ether oxygens (including phenoxy) is 1. The number of hydrogen-bond acceptors (Lipinski definition) is 6. The predicted molar refractivity (Wildman–Crippen MR) is 92.8 cm³/mol. The Bertz CT molecular complexity index is 864. The molecule has 1 aliphatic heterocycles. The summed E-state index contributed by atoms with van der Waals surface area (Å²) >= 11 is 1.60. The molecule has 2 aliphatic rings. The third-order valence-electron chi connectivity index (χ3n) is 5.12. The number of thiophene rings is 1. The third-order valence-corrected chi connectivity index (χ3v) is 6.30. The standard InChI is InChI=1S/C18H22N2O4S/c21-15(22)8-7-14-19-17-16(12-5-1-2-6-13(12)25-17)18(23)20(14)10-11-4-3-9-24-11/h11H,1-10H2,(H,21,22)/p-1/t11-/m1/s1. The fraction of sp³-hybridized carbons (Fsp3) is 0.611. The molecule has 0 spiro atoms. The molecule has 0 amide bonds. The average Bonchev–Trinajstić information content (AvgIpc) is 3.22. The molecule has 134 valence electrons. The van der Waals surface area contributed by atoms with Gasteiger partial charge in [0.15, 0.2) is 0 Å². The lowest BCUT2D eigenvalue weighted by molar-refractivity contribution is -0.305. The molecule has 7 heteroatoms. The van der Waals surface area contributed by atoms with Crippen molar-refractivity contribution in [2.75, 3.05) is 6.61 Å². The maximum absolute atomic E-state index is 13.2. The molecule has 0 unspecified atom stereocenters. The predicted octanol–water partition coefficient (Wildman–Crippen LogP) is 1.20. The minimum Gasteiger partial charge on any atom is -0.550 e. The maximum atomic E-state index is 13.2. The van der Waals surface area contributed by atoms with E-state index in [1.807, 2.05) is 0 Å². The van der Waals surface area contributed by atoms with Gasteiger partial charge >= 0.3 is 0 Å². The molecule has 0 radical (unpaired) electrons. The highest BCUT2D eigenvalue weighted by atomic mass is 32.1. The first-order valence-electron chi connectivity index (χ1n) is 8.99. The Morgan fingerprint density at radius 1 is 1.32 bits per heavy atom. The van der Waals surface area contributed by atoms with Crippen LogP contribution in [0.1, 0.15) is 48.4 Å². The highest BCUT2D eigenvalue weighted by Crippen LogP contribution is 2.34. The van der Waals surface area contributed by atoms with Gasteiger partial charge in [-0.25, -0.2) is 4.98 Å². The third kappa shape index (κ3) is 3.22. The summed E-state index contributed by atoms with van der Waals surface area (Å²) in [5, 5.41) is 11.6. The van der Waals surface area contributed by atoms with Gasteiger partial charge < -0.3 is 14.6 Å². The van der Waals surface area contributed by atoms with Crippen molar-refractivity contribution in [2.24, 2.45) is 0 Å². The number of carboxylic acid groups (broad SMARTS) is 1. The minimum absolute atomic E-state index is 0.00751. The monoisotopic (exact) mass is 361 g/mol. The van der Waals surface area contributed by atoms with Gasteiger partial charge in [0, 0.05) is 23.9 Å². The van der Waals surface area contributed by atoms with E-state index in [1.165, 1.54) is 4.88 Å². The van der Waals surface area contributed by atoms with E-state index in [-0.39, 0.29) is 24.5 Å². The largest absolute Gasteiger partial charge is 0.550 e. The van der Waals surface area contributed by atoms with Crippen molar-refractivity contribution in [3.63, 3.8) is 0 Å². The maximum Gasteiger partial charge on any atom is 0.262 e. The number of aliphatic carboxylic acids is 1. The Kier molecular flexibility index (Phi) is 4.60. The summed E-state index contributed by atoms with van der Waals surface area (Å²) in [6, 6.07) is 0. The molecule has 0 bridgehead atoms. The zero-order chi connectivity index (χ0) is 17.4. The van der Waals surface area contributed by atoms with Crippen molar-refractivity contribution in [3.05, 3.63) is 26.6 Å². The van der Waals surface area contributed by atoms with E-state index in [0.717, 1.165) is 60.9 Å². The SMILES string of the molecule is O=C([O-])CCc1nc2sc3c(c2c(=O)n1C[C@H]1CCCO1)CCCC3.